The summed E-state index contributed by atoms with van der Waals surface area (Å²) in [5, 5.41) is 21.6. The first kappa shape index (κ1) is 22.0. The number of Topliss-reactive ketones (excluding diaryl/α,β-unsaturated/α-hetero) is 4. The zero-order valence-corrected chi connectivity index (χ0v) is 17.4. The van der Waals surface area contributed by atoms with Crippen LogP contribution >= 0.6 is 0 Å². The number of phenolic OH excluding ortho intramolecular Hbond substituents is 1. The third-order valence-electron chi connectivity index (χ3n) is 7.11. The molecular formula is C22H22N2O8. The maximum Gasteiger partial charge on any atom is 0.235 e. The maximum atomic E-state index is 13.5. The highest BCUT2D eigenvalue weighted by atomic mass is 16.3. The van der Waals surface area contributed by atoms with Crippen molar-refractivity contribution in [3.8, 4) is 5.75 Å². The van der Waals surface area contributed by atoms with E-state index in [2.05, 4.69) is 0 Å². The number of carbonyl (C=O) groups excluding carboxylic acids is 6. The molecule has 1 aromatic carbocycles. The van der Waals surface area contributed by atoms with Crippen LogP contribution in [0, 0.1) is 23.7 Å². The van der Waals surface area contributed by atoms with Gasteiger partial charge in [-0.15, -0.1) is 0 Å². The maximum absolute atomic E-state index is 13.5. The number of benzene rings is 1. The molecule has 3 aliphatic carbocycles. The van der Waals surface area contributed by atoms with Crippen LogP contribution < -0.4 is 5.73 Å². The minimum absolute atomic E-state index is 0.0577. The summed E-state index contributed by atoms with van der Waals surface area (Å²) < 4.78 is 0. The summed E-state index contributed by atoms with van der Waals surface area (Å²) in [7, 11) is 3.02. The van der Waals surface area contributed by atoms with E-state index in [9.17, 15) is 39.0 Å². The van der Waals surface area contributed by atoms with Gasteiger partial charge < -0.3 is 15.9 Å². The van der Waals surface area contributed by atoms with E-state index in [4.69, 9.17) is 5.73 Å². The first-order valence-electron chi connectivity index (χ1n) is 10.1. The number of aldehydes is 1. The van der Waals surface area contributed by atoms with Gasteiger partial charge in [-0.25, -0.2) is 0 Å². The molecule has 3 aliphatic rings. The normalized spacial score (nSPS) is 34.1. The Morgan fingerprint density at radius 3 is 2.41 bits per heavy atom. The quantitative estimate of drug-likeness (QED) is 0.379. The van der Waals surface area contributed by atoms with Crippen LogP contribution in [-0.4, -0.2) is 76.2 Å². The van der Waals surface area contributed by atoms with Crippen molar-refractivity contribution >= 4 is 35.3 Å². The Morgan fingerprint density at radius 1 is 1.19 bits per heavy atom. The molecule has 4 N–H and O–H groups in total. The lowest BCUT2D eigenvalue weighted by molar-refractivity contribution is -0.181. The fraction of sp³-hybridized carbons (Fsp3) is 0.455. The molecule has 0 heterocycles. The Bertz CT molecular complexity index is 1110. The topological polar surface area (TPSA) is 172 Å². The summed E-state index contributed by atoms with van der Waals surface area (Å²) in [5.41, 5.74) is 2.78. The second kappa shape index (κ2) is 7.14. The number of likely N-dealkylation sites (N-methyl/N-ethyl adjacent to an activating group) is 1. The third-order valence-corrected chi connectivity index (χ3v) is 7.11. The van der Waals surface area contributed by atoms with Crippen LogP contribution in [0.4, 0.5) is 0 Å². The molecule has 168 valence electrons. The molecule has 2 saturated carbocycles. The predicted molar refractivity (Wildman–Crippen MR) is 107 cm³/mol. The predicted octanol–water partition coefficient (Wildman–Crippen LogP) is -1.32. The van der Waals surface area contributed by atoms with Crippen LogP contribution in [0.2, 0.25) is 0 Å². The van der Waals surface area contributed by atoms with Crippen molar-refractivity contribution in [2.24, 2.45) is 29.4 Å². The lowest BCUT2D eigenvalue weighted by Gasteiger charge is -2.52. The Morgan fingerprint density at radius 2 is 1.84 bits per heavy atom. The molecule has 2 fully saturated rings. The lowest BCUT2D eigenvalue weighted by Crippen LogP contribution is -2.74. The number of amides is 1. The van der Waals surface area contributed by atoms with Crippen molar-refractivity contribution in [1.82, 2.24) is 4.90 Å². The minimum Gasteiger partial charge on any atom is -0.507 e. The fourth-order valence-corrected chi connectivity index (χ4v) is 5.74. The van der Waals surface area contributed by atoms with E-state index in [0.29, 0.717) is 6.29 Å². The van der Waals surface area contributed by atoms with Crippen molar-refractivity contribution in [2.45, 2.75) is 24.5 Å². The minimum atomic E-state index is -2.76. The number of rotatable bonds is 3. The van der Waals surface area contributed by atoms with E-state index in [1.54, 1.807) is 0 Å². The van der Waals surface area contributed by atoms with Gasteiger partial charge in [0.25, 0.3) is 0 Å². The number of primary amides is 1. The largest absolute Gasteiger partial charge is 0.507 e. The number of hydrogen-bond donors (Lipinski definition) is 3. The van der Waals surface area contributed by atoms with E-state index in [0.717, 1.165) is 0 Å². The SMILES string of the molecule is CN(C)[C@@H]1C(=O)C(C(N)=O)C(=O)[C@@]2(O)C(=O)C3C(=O)c4c(O)ccc(C=O)c4C[C@H]3C[C@@H]12. The molecule has 0 aromatic heterocycles. The molecular weight excluding hydrogens is 420 g/mol. The van der Waals surface area contributed by atoms with Crippen molar-refractivity contribution in [3.05, 3.63) is 28.8 Å². The van der Waals surface area contributed by atoms with Crippen LogP contribution in [0.1, 0.15) is 32.7 Å². The van der Waals surface area contributed by atoms with Crippen LogP contribution in [0.5, 0.6) is 5.75 Å². The van der Waals surface area contributed by atoms with Gasteiger partial charge in [-0.05, 0) is 50.6 Å². The molecule has 4 rings (SSSR count). The molecule has 0 radical (unpaired) electrons. The molecule has 0 aliphatic heterocycles. The van der Waals surface area contributed by atoms with Gasteiger partial charge in [0.15, 0.2) is 34.7 Å². The van der Waals surface area contributed by atoms with Crippen molar-refractivity contribution in [3.63, 3.8) is 0 Å². The van der Waals surface area contributed by atoms with Crippen molar-refractivity contribution in [2.75, 3.05) is 14.1 Å². The number of nitrogens with two attached hydrogens (primary N) is 1. The summed E-state index contributed by atoms with van der Waals surface area (Å²) in [4.78, 5) is 77.7. The van der Waals surface area contributed by atoms with Gasteiger partial charge in [0.2, 0.25) is 5.91 Å². The standard InChI is InChI=1S/C22H22N2O8/c1-24(2)16-11-6-9-5-10-8(7-25)3-4-12(26)14(10)17(27)13(9)19(29)22(11,32)20(30)15(18(16)28)21(23)31/h3-4,7,9,11,13,15-16,26,32H,5-6H2,1-2H3,(H2,23,31)/t9-,11-,13?,15?,16-,22-/m0/s1. The summed E-state index contributed by atoms with van der Waals surface area (Å²) in [5.74, 6) is -11.1. The molecule has 10 nitrogen and oxygen atoms in total. The molecule has 32 heavy (non-hydrogen) atoms. The van der Waals surface area contributed by atoms with Crippen LogP contribution in [0.25, 0.3) is 0 Å². The van der Waals surface area contributed by atoms with Gasteiger partial charge in [-0.3, -0.25) is 33.7 Å². The van der Waals surface area contributed by atoms with E-state index in [1.165, 1.54) is 31.1 Å². The summed E-state index contributed by atoms with van der Waals surface area (Å²) in [6, 6.07) is 1.37. The number of aromatic hydroxyl groups is 1. The molecule has 0 spiro atoms. The third kappa shape index (κ3) is 2.66. The van der Waals surface area contributed by atoms with E-state index in [1.807, 2.05) is 0 Å². The van der Waals surface area contributed by atoms with Crippen LogP contribution in [0.3, 0.4) is 0 Å². The monoisotopic (exact) mass is 442 g/mol. The highest BCUT2D eigenvalue weighted by Crippen LogP contribution is 2.50. The van der Waals surface area contributed by atoms with E-state index in [-0.39, 0.29) is 29.5 Å². The molecule has 6 atom stereocenters. The van der Waals surface area contributed by atoms with Gasteiger partial charge in [0, 0.05) is 11.5 Å². The van der Waals surface area contributed by atoms with Gasteiger partial charge in [0.1, 0.15) is 12.0 Å². The van der Waals surface area contributed by atoms with Gasteiger partial charge in [-0.2, -0.15) is 0 Å². The highest BCUT2D eigenvalue weighted by molar-refractivity contribution is 6.32. The van der Waals surface area contributed by atoms with Gasteiger partial charge >= 0.3 is 0 Å². The van der Waals surface area contributed by atoms with Crippen molar-refractivity contribution in [1.29, 1.82) is 0 Å². The smallest absolute Gasteiger partial charge is 0.235 e. The summed E-state index contributed by atoms with van der Waals surface area (Å²) in [6.45, 7) is 0. The summed E-state index contributed by atoms with van der Waals surface area (Å²) >= 11 is 0. The first-order valence-corrected chi connectivity index (χ1v) is 10.1. The summed E-state index contributed by atoms with van der Waals surface area (Å²) in [6.07, 6.45) is 0.548. The van der Waals surface area contributed by atoms with E-state index < -0.39 is 70.1 Å². The lowest BCUT2D eigenvalue weighted by atomic mass is 9.52. The average molecular weight is 442 g/mol. The molecule has 2 unspecified atom stereocenters. The number of hydrogen-bond acceptors (Lipinski definition) is 9. The zero-order chi connectivity index (χ0) is 23.7. The first-order chi connectivity index (χ1) is 15.0. The Balaban J connectivity index is 1.89. The average Bonchev–Trinajstić information content (AvgIpc) is 2.70. The number of carbonyl (C=O) groups is 6. The number of aliphatic hydroxyl groups is 1. The number of phenols is 1. The van der Waals surface area contributed by atoms with Crippen LogP contribution in [-0.2, 0) is 25.6 Å². The van der Waals surface area contributed by atoms with Crippen molar-refractivity contribution < 1.29 is 39.0 Å². The van der Waals surface area contributed by atoms with Crippen LogP contribution in [0.15, 0.2) is 12.1 Å². The Kier molecular flexibility index (Phi) is 4.90. The van der Waals surface area contributed by atoms with Gasteiger partial charge in [-0.1, -0.05) is 0 Å². The molecule has 1 aromatic rings. The highest BCUT2D eigenvalue weighted by Gasteiger charge is 2.69. The Labute approximate surface area is 182 Å². The molecule has 0 bridgehead atoms. The molecule has 0 saturated heterocycles. The van der Waals surface area contributed by atoms with E-state index >= 15 is 0 Å². The molecule has 1 amide bonds. The number of ketones is 4. The fourth-order valence-electron chi connectivity index (χ4n) is 5.74. The zero-order valence-electron chi connectivity index (χ0n) is 17.4. The molecule has 10 heteroatoms. The second-order valence-electron chi connectivity index (χ2n) is 8.93. The van der Waals surface area contributed by atoms with Gasteiger partial charge in [0.05, 0.1) is 17.5 Å². The number of nitrogens with zero attached hydrogens (tertiary/aromatic N) is 1. The number of fused-ring (bicyclic) bond motifs is 3. The second-order valence-corrected chi connectivity index (χ2v) is 8.93. The Hall–Kier alpha value is -3.24.